The number of rotatable bonds is 0. The van der Waals surface area contributed by atoms with Crippen LogP contribution >= 0.6 is 0 Å². The molecular formula is C10H8N2O. The number of benzene rings is 1. The van der Waals surface area contributed by atoms with E-state index in [1.54, 1.807) is 0 Å². The van der Waals surface area contributed by atoms with Gasteiger partial charge in [-0.3, -0.25) is 5.43 Å². The Kier molecular flexibility index (Phi) is 1.16. The van der Waals surface area contributed by atoms with Gasteiger partial charge in [-0.15, -0.1) is 0 Å². The lowest BCUT2D eigenvalue weighted by Crippen LogP contribution is -2.20. The molecule has 2 aliphatic rings. The standard InChI is InChI=1S/C10H8N2O/c1-2-4-9-7(3-1)5-8-10(13-9)6-11-12-8/h1-6,11-12H. The summed E-state index contributed by atoms with van der Waals surface area (Å²) in [5, 5.41) is 0. The van der Waals surface area contributed by atoms with E-state index in [2.05, 4.69) is 16.9 Å². The fraction of sp³-hybridized carbons (Fsp3) is 0. The Morgan fingerprint density at radius 3 is 3.08 bits per heavy atom. The van der Waals surface area contributed by atoms with E-state index in [0.29, 0.717) is 0 Å². The molecule has 0 saturated carbocycles. The van der Waals surface area contributed by atoms with E-state index < -0.39 is 0 Å². The summed E-state index contributed by atoms with van der Waals surface area (Å²) in [6, 6.07) is 7.95. The lowest BCUT2D eigenvalue weighted by Gasteiger charge is -2.15. The van der Waals surface area contributed by atoms with Gasteiger partial charge in [-0.05, 0) is 12.1 Å². The molecule has 0 aromatic heterocycles. The van der Waals surface area contributed by atoms with Gasteiger partial charge in [0, 0.05) is 5.56 Å². The molecule has 0 bridgehead atoms. The summed E-state index contributed by atoms with van der Waals surface area (Å²) in [5.74, 6) is 1.75. The first-order valence-corrected chi connectivity index (χ1v) is 4.14. The molecule has 0 spiro atoms. The van der Waals surface area contributed by atoms with Gasteiger partial charge in [-0.25, -0.2) is 0 Å². The Hall–Kier alpha value is -1.90. The number of fused-ring (bicyclic) bond motifs is 2. The molecule has 3 heteroatoms. The maximum absolute atomic E-state index is 5.62. The first-order valence-electron chi connectivity index (χ1n) is 4.14. The van der Waals surface area contributed by atoms with Gasteiger partial charge in [0.15, 0.2) is 5.76 Å². The molecule has 0 atom stereocenters. The summed E-state index contributed by atoms with van der Waals surface area (Å²) in [6.07, 6.45) is 3.87. The maximum atomic E-state index is 5.62. The van der Waals surface area contributed by atoms with Crippen molar-refractivity contribution in [3.63, 3.8) is 0 Å². The van der Waals surface area contributed by atoms with Crippen LogP contribution in [0.4, 0.5) is 0 Å². The number of hydrogen-bond acceptors (Lipinski definition) is 3. The molecule has 2 heterocycles. The molecular weight excluding hydrogens is 164 g/mol. The average molecular weight is 172 g/mol. The van der Waals surface area contributed by atoms with Gasteiger partial charge in [-0.1, -0.05) is 18.2 Å². The number of hydrazine groups is 1. The van der Waals surface area contributed by atoms with Crippen molar-refractivity contribution in [1.82, 2.24) is 10.9 Å². The maximum Gasteiger partial charge on any atom is 0.169 e. The Labute approximate surface area is 75.7 Å². The highest BCUT2D eigenvalue weighted by Crippen LogP contribution is 2.30. The van der Waals surface area contributed by atoms with Crippen molar-refractivity contribution in [1.29, 1.82) is 0 Å². The van der Waals surface area contributed by atoms with E-state index in [9.17, 15) is 0 Å². The molecule has 0 radical (unpaired) electrons. The number of nitrogens with one attached hydrogen (secondary N) is 2. The van der Waals surface area contributed by atoms with E-state index in [1.165, 1.54) is 0 Å². The lowest BCUT2D eigenvalue weighted by atomic mass is 10.1. The minimum Gasteiger partial charge on any atom is -0.453 e. The molecule has 0 saturated heterocycles. The van der Waals surface area contributed by atoms with Gasteiger partial charge >= 0.3 is 0 Å². The quantitative estimate of drug-likeness (QED) is 0.620. The van der Waals surface area contributed by atoms with E-state index in [1.807, 2.05) is 30.5 Å². The highest BCUT2D eigenvalue weighted by molar-refractivity contribution is 5.66. The van der Waals surface area contributed by atoms with Gasteiger partial charge in [0.2, 0.25) is 0 Å². The zero-order valence-corrected chi connectivity index (χ0v) is 6.87. The van der Waals surface area contributed by atoms with E-state index in [-0.39, 0.29) is 0 Å². The molecule has 2 aliphatic heterocycles. The number of para-hydroxylation sites is 1. The second-order valence-electron chi connectivity index (χ2n) is 2.98. The monoisotopic (exact) mass is 172 g/mol. The molecule has 0 amide bonds. The largest absolute Gasteiger partial charge is 0.453 e. The third-order valence-electron chi connectivity index (χ3n) is 2.11. The normalized spacial score (nSPS) is 16.9. The van der Waals surface area contributed by atoms with E-state index >= 15 is 0 Å². The minimum atomic E-state index is 0.846. The van der Waals surface area contributed by atoms with E-state index in [4.69, 9.17) is 4.74 Å². The highest BCUT2D eigenvalue weighted by Gasteiger charge is 2.19. The van der Waals surface area contributed by atoms with Crippen molar-refractivity contribution in [2.45, 2.75) is 0 Å². The van der Waals surface area contributed by atoms with Crippen molar-refractivity contribution >= 4 is 6.08 Å². The number of hydrogen-bond donors (Lipinski definition) is 2. The second kappa shape index (κ2) is 2.29. The first kappa shape index (κ1) is 6.60. The van der Waals surface area contributed by atoms with Gasteiger partial charge < -0.3 is 10.2 Å². The predicted octanol–water partition coefficient (Wildman–Crippen LogP) is 1.37. The van der Waals surface area contributed by atoms with Crippen LogP contribution in [-0.4, -0.2) is 0 Å². The summed E-state index contributed by atoms with van der Waals surface area (Å²) in [5.41, 5.74) is 7.97. The summed E-state index contributed by atoms with van der Waals surface area (Å²) in [4.78, 5) is 0. The van der Waals surface area contributed by atoms with Gasteiger partial charge in [0.05, 0.1) is 11.9 Å². The SMILES string of the molecule is C1=C2NNC=C2Oc2ccccc21. The van der Waals surface area contributed by atoms with Crippen molar-refractivity contribution in [3.05, 3.63) is 47.5 Å². The molecule has 1 aromatic rings. The van der Waals surface area contributed by atoms with Crippen molar-refractivity contribution in [3.8, 4) is 5.75 Å². The second-order valence-corrected chi connectivity index (χ2v) is 2.98. The highest BCUT2D eigenvalue weighted by atomic mass is 16.5. The summed E-state index contributed by atoms with van der Waals surface area (Å²) < 4.78 is 5.62. The summed E-state index contributed by atoms with van der Waals surface area (Å²) in [7, 11) is 0. The molecule has 3 rings (SSSR count). The average Bonchev–Trinajstić information content (AvgIpc) is 2.61. The smallest absolute Gasteiger partial charge is 0.169 e. The van der Waals surface area contributed by atoms with Crippen LogP contribution in [0.5, 0.6) is 5.75 Å². The van der Waals surface area contributed by atoms with Crippen molar-refractivity contribution in [2.75, 3.05) is 0 Å². The predicted molar refractivity (Wildman–Crippen MR) is 49.4 cm³/mol. The molecule has 1 aromatic carbocycles. The molecule has 0 fully saturated rings. The Morgan fingerprint density at radius 2 is 2.08 bits per heavy atom. The Bertz CT molecular complexity index is 421. The minimum absolute atomic E-state index is 0.846. The third-order valence-corrected chi connectivity index (χ3v) is 2.11. The molecule has 64 valence electrons. The molecule has 3 nitrogen and oxygen atoms in total. The molecule has 0 unspecified atom stereocenters. The zero-order chi connectivity index (χ0) is 8.67. The van der Waals surface area contributed by atoms with Crippen LogP contribution in [0.2, 0.25) is 0 Å². The van der Waals surface area contributed by atoms with Crippen molar-refractivity contribution in [2.24, 2.45) is 0 Å². The lowest BCUT2D eigenvalue weighted by molar-refractivity contribution is 0.431. The van der Waals surface area contributed by atoms with Crippen LogP contribution in [0.3, 0.4) is 0 Å². The fourth-order valence-electron chi connectivity index (χ4n) is 1.48. The number of ether oxygens (including phenoxy) is 1. The van der Waals surface area contributed by atoms with Crippen molar-refractivity contribution < 1.29 is 4.74 Å². The van der Waals surface area contributed by atoms with Crippen LogP contribution in [0.15, 0.2) is 41.9 Å². The molecule has 2 N–H and O–H groups in total. The zero-order valence-electron chi connectivity index (χ0n) is 6.87. The third kappa shape index (κ3) is 0.902. The van der Waals surface area contributed by atoms with Crippen LogP contribution in [0.1, 0.15) is 5.56 Å². The first-order chi connectivity index (χ1) is 6.43. The van der Waals surface area contributed by atoms with Crippen LogP contribution < -0.4 is 15.6 Å². The van der Waals surface area contributed by atoms with Crippen LogP contribution in [0.25, 0.3) is 6.08 Å². The summed E-state index contributed by atoms with van der Waals surface area (Å²) in [6.45, 7) is 0. The van der Waals surface area contributed by atoms with Gasteiger partial charge in [0.25, 0.3) is 0 Å². The molecule has 13 heavy (non-hydrogen) atoms. The molecule has 0 aliphatic carbocycles. The van der Waals surface area contributed by atoms with Gasteiger partial charge in [0.1, 0.15) is 5.75 Å². The Balaban J connectivity index is 2.18. The summed E-state index contributed by atoms with van der Waals surface area (Å²) >= 11 is 0. The van der Waals surface area contributed by atoms with Gasteiger partial charge in [-0.2, -0.15) is 0 Å². The topological polar surface area (TPSA) is 33.3 Å². The van der Waals surface area contributed by atoms with E-state index in [0.717, 1.165) is 22.8 Å². The Morgan fingerprint density at radius 1 is 1.15 bits per heavy atom. The fourth-order valence-corrected chi connectivity index (χ4v) is 1.48. The van der Waals surface area contributed by atoms with Crippen LogP contribution in [0, 0.1) is 0 Å². The van der Waals surface area contributed by atoms with Crippen LogP contribution in [-0.2, 0) is 0 Å².